The molecule has 1 N–H and O–H groups in total. The van der Waals surface area contributed by atoms with Gasteiger partial charge >= 0.3 is 0 Å². The number of carbonyl (C=O) groups excluding carboxylic acids is 1. The fourth-order valence-corrected chi connectivity index (χ4v) is 3.52. The van der Waals surface area contributed by atoms with E-state index in [0.29, 0.717) is 17.9 Å². The highest BCUT2D eigenvalue weighted by Crippen LogP contribution is 2.24. The van der Waals surface area contributed by atoms with E-state index in [9.17, 15) is 13.6 Å². The molecule has 4 aromatic rings. The first kappa shape index (κ1) is 19.8. The third kappa shape index (κ3) is 4.08. The van der Waals surface area contributed by atoms with Crippen LogP contribution in [0.1, 0.15) is 29.9 Å². The van der Waals surface area contributed by atoms with E-state index in [0.717, 1.165) is 16.6 Å². The van der Waals surface area contributed by atoms with Crippen LogP contribution in [0.3, 0.4) is 0 Å². The standard InChI is InChI=1S/C24H21F2N3O/c1-16(24(30)27-15-17-10-12-19(25)13-11-17)29-22-9-5-4-8-21(22)28-23(29)14-18-6-2-3-7-20(18)26/h2-13,16H,14-15H2,1H3,(H,27,30). The molecule has 30 heavy (non-hydrogen) atoms. The predicted octanol–water partition coefficient (Wildman–Crippen LogP) is 4.78. The number of rotatable bonds is 6. The summed E-state index contributed by atoms with van der Waals surface area (Å²) in [4.78, 5) is 17.5. The molecule has 1 unspecified atom stereocenters. The number of fused-ring (bicyclic) bond motifs is 1. The Morgan fingerprint density at radius 2 is 1.70 bits per heavy atom. The molecular weight excluding hydrogens is 384 g/mol. The van der Waals surface area contributed by atoms with E-state index in [1.54, 1.807) is 37.3 Å². The molecule has 0 saturated carbocycles. The molecule has 0 aliphatic rings. The zero-order valence-corrected chi connectivity index (χ0v) is 16.5. The van der Waals surface area contributed by atoms with Crippen LogP contribution in [0, 0.1) is 11.6 Å². The van der Waals surface area contributed by atoms with Crippen molar-refractivity contribution in [3.05, 3.63) is 101 Å². The van der Waals surface area contributed by atoms with Crippen LogP contribution in [0.4, 0.5) is 8.78 Å². The van der Waals surface area contributed by atoms with Gasteiger partial charge in [0, 0.05) is 13.0 Å². The largest absolute Gasteiger partial charge is 0.350 e. The van der Waals surface area contributed by atoms with Gasteiger partial charge in [-0.1, -0.05) is 42.5 Å². The van der Waals surface area contributed by atoms with Gasteiger partial charge < -0.3 is 9.88 Å². The number of hydrogen-bond acceptors (Lipinski definition) is 2. The molecule has 6 heteroatoms. The van der Waals surface area contributed by atoms with Crippen molar-refractivity contribution in [3.8, 4) is 0 Å². The summed E-state index contributed by atoms with van der Waals surface area (Å²) in [6, 6.07) is 19.5. The fourth-order valence-electron chi connectivity index (χ4n) is 3.52. The molecule has 1 aromatic heterocycles. The molecule has 0 bridgehead atoms. The Balaban J connectivity index is 1.62. The average molecular weight is 405 g/mol. The van der Waals surface area contributed by atoms with Crippen LogP contribution in [-0.4, -0.2) is 15.5 Å². The number of nitrogens with zero attached hydrogens (tertiary/aromatic N) is 2. The lowest BCUT2D eigenvalue weighted by atomic mass is 10.1. The number of imidazole rings is 1. The van der Waals surface area contributed by atoms with E-state index in [2.05, 4.69) is 10.3 Å². The van der Waals surface area contributed by atoms with Crippen LogP contribution in [0.25, 0.3) is 11.0 Å². The Hall–Kier alpha value is -3.54. The van der Waals surface area contributed by atoms with E-state index in [4.69, 9.17) is 0 Å². The van der Waals surface area contributed by atoms with Gasteiger partial charge in [0.15, 0.2) is 0 Å². The summed E-state index contributed by atoms with van der Waals surface area (Å²) < 4.78 is 29.1. The van der Waals surface area contributed by atoms with Gasteiger partial charge in [-0.25, -0.2) is 13.8 Å². The normalized spacial score (nSPS) is 12.1. The third-order valence-corrected chi connectivity index (χ3v) is 5.12. The summed E-state index contributed by atoms with van der Waals surface area (Å²) >= 11 is 0. The van der Waals surface area contributed by atoms with Crippen molar-refractivity contribution in [2.45, 2.75) is 25.9 Å². The predicted molar refractivity (Wildman–Crippen MR) is 112 cm³/mol. The molecular formula is C24H21F2N3O. The minimum Gasteiger partial charge on any atom is -0.350 e. The average Bonchev–Trinajstić information content (AvgIpc) is 3.12. The lowest BCUT2D eigenvalue weighted by Gasteiger charge is -2.18. The molecule has 152 valence electrons. The number of nitrogens with one attached hydrogen (secondary N) is 1. The van der Waals surface area contributed by atoms with Crippen molar-refractivity contribution in [1.82, 2.24) is 14.9 Å². The number of carbonyl (C=O) groups is 1. The first-order chi connectivity index (χ1) is 14.5. The van der Waals surface area contributed by atoms with Gasteiger partial charge in [0.05, 0.1) is 11.0 Å². The zero-order chi connectivity index (χ0) is 21.1. The van der Waals surface area contributed by atoms with Gasteiger partial charge in [-0.05, 0) is 48.4 Å². The SMILES string of the molecule is CC(C(=O)NCc1ccc(F)cc1)n1c(Cc2ccccc2F)nc2ccccc21. The lowest BCUT2D eigenvalue weighted by Crippen LogP contribution is -2.31. The second-order valence-corrected chi connectivity index (χ2v) is 7.18. The van der Waals surface area contributed by atoms with Crippen molar-refractivity contribution in [1.29, 1.82) is 0 Å². The Morgan fingerprint density at radius 3 is 2.47 bits per heavy atom. The molecule has 1 atom stereocenters. The number of halogens is 2. The van der Waals surface area contributed by atoms with Crippen LogP contribution in [0.2, 0.25) is 0 Å². The summed E-state index contributed by atoms with van der Waals surface area (Å²) in [6.45, 7) is 2.08. The van der Waals surface area contributed by atoms with Gasteiger partial charge in [-0.2, -0.15) is 0 Å². The molecule has 4 nitrogen and oxygen atoms in total. The number of para-hydroxylation sites is 2. The second kappa shape index (κ2) is 8.45. The summed E-state index contributed by atoms with van der Waals surface area (Å²) in [5, 5.41) is 2.89. The molecule has 0 saturated heterocycles. The van der Waals surface area contributed by atoms with Crippen molar-refractivity contribution in [3.63, 3.8) is 0 Å². The number of amides is 1. The minimum atomic E-state index is -0.556. The van der Waals surface area contributed by atoms with Crippen LogP contribution < -0.4 is 5.32 Å². The topological polar surface area (TPSA) is 46.9 Å². The first-order valence-corrected chi connectivity index (χ1v) is 9.74. The van der Waals surface area contributed by atoms with Crippen LogP contribution in [-0.2, 0) is 17.8 Å². The van der Waals surface area contributed by atoms with Crippen LogP contribution in [0.15, 0.2) is 72.8 Å². The molecule has 1 amide bonds. The molecule has 4 rings (SSSR count). The number of benzene rings is 3. The van der Waals surface area contributed by atoms with E-state index < -0.39 is 6.04 Å². The highest BCUT2D eigenvalue weighted by Gasteiger charge is 2.22. The van der Waals surface area contributed by atoms with Crippen LogP contribution >= 0.6 is 0 Å². The highest BCUT2D eigenvalue weighted by molar-refractivity contribution is 5.84. The monoisotopic (exact) mass is 405 g/mol. The van der Waals surface area contributed by atoms with Gasteiger partial charge in [-0.15, -0.1) is 0 Å². The maximum atomic E-state index is 14.2. The smallest absolute Gasteiger partial charge is 0.243 e. The molecule has 0 aliphatic heterocycles. The summed E-state index contributed by atoms with van der Waals surface area (Å²) in [7, 11) is 0. The molecule has 0 aliphatic carbocycles. The van der Waals surface area contributed by atoms with E-state index in [1.807, 2.05) is 28.8 Å². The second-order valence-electron chi connectivity index (χ2n) is 7.18. The third-order valence-electron chi connectivity index (χ3n) is 5.12. The van der Waals surface area contributed by atoms with E-state index in [-0.39, 0.29) is 24.0 Å². The van der Waals surface area contributed by atoms with Crippen molar-refractivity contribution in [2.24, 2.45) is 0 Å². The quantitative estimate of drug-likeness (QED) is 0.502. The zero-order valence-electron chi connectivity index (χ0n) is 16.5. The molecule has 0 radical (unpaired) electrons. The number of aromatic nitrogens is 2. The van der Waals surface area contributed by atoms with E-state index >= 15 is 0 Å². The molecule has 1 heterocycles. The maximum Gasteiger partial charge on any atom is 0.243 e. The van der Waals surface area contributed by atoms with Gasteiger partial charge in [0.2, 0.25) is 5.91 Å². The lowest BCUT2D eigenvalue weighted by molar-refractivity contribution is -0.124. The van der Waals surface area contributed by atoms with Crippen LogP contribution in [0.5, 0.6) is 0 Å². The molecule has 3 aromatic carbocycles. The Labute approximate surface area is 173 Å². The first-order valence-electron chi connectivity index (χ1n) is 9.74. The highest BCUT2D eigenvalue weighted by atomic mass is 19.1. The Morgan fingerprint density at radius 1 is 1.00 bits per heavy atom. The summed E-state index contributed by atoms with van der Waals surface area (Å²) in [5.74, 6) is -0.200. The van der Waals surface area contributed by atoms with Gasteiger partial charge in [0.25, 0.3) is 0 Å². The fraction of sp³-hybridized carbons (Fsp3) is 0.167. The maximum absolute atomic E-state index is 14.2. The van der Waals surface area contributed by atoms with Gasteiger partial charge in [0.1, 0.15) is 23.5 Å². The molecule has 0 fully saturated rings. The minimum absolute atomic E-state index is 0.197. The van der Waals surface area contributed by atoms with E-state index in [1.165, 1.54) is 18.2 Å². The Bertz CT molecular complexity index is 1180. The number of hydrogen-bond donors (Lipinski definition) is 1. The Kier molecular flexibility index (Phi) is 5.57. The summed E-state index contributed by atoms with van der Waals surface area (Å²) in [6.07, 6.45) is 0.275. The van der Waals surface area contributed by atoms with Crippen molar-refractivity contribution < 1.29 is 13.6 Å². The van der Waals surface area contributed by atoms with Crippen molar-refractivity contribution >= 4 is 16.9 Å². The summed E-state index contributed by atoms with van der Waals surface area (Å²) in [5.41, 5.74) is 2.89. The molecule has 0 spiro atoms. The van der Waals surface area contributed by atoms with Crippen molar-refractivity contribution in [2.75, 3.05) is 0 Å². The van der Waals surface area contributed by atoms with Gasteiger partial charge in [-0.3, -0.25) is 4.79 Å².